The van der Waals surface area contributed by atoms with Crippen LogP contribution >= 0.6 is 24.0 Å². The number of alkyl halides is 3. The largest absolute Gasteiger partial charge is 0.406 e. The number of methoxy groups -OCH3 is 1. The first kappa shape index (κ1) is 27.4. The van der Waals surface area contributed by atoms with Crippen LogP contribution in [0.4, 0.5) is 13.2 Å². The molecule has 0 saturated carbocycles. The minimum atomic E-state index is -4.41. The fraction of sp³-hybridized carbons (Fsp3) is 0.867. The molecule has 1 amide bonds. The molecule has 0 aliphatic heterocycles. The molecule has 0 bridgehead atoms. The quantitative estimate of drug-likeness (QED) is 0.194. The smallest absolute Gasteiger partial charge is 0.385 e. The van der Waals surface area contributed by atoms with Crippen LogP contribution < -0.4 is 10.6 Å². The van der Waals surface area contributed by atoms with Crippen molar-refractivity contribution in [3.63, 3.8) is 0 Å². The predicted octanol–water partition coefficient (Wildman–Crippen LogP) is 1.15. The molecule has 0 rings (SSSR count). The van der Waals surface area contributed by atoms with Gasteiger partial charge >= 0.3 is 6.18 Å². The van der Waals surface area contributed by atoms with Crippen molar-refractivity contribution in [3.05, 3.63) is 0 Å². The van der Waals surface area contributed by atoms with Gasteiger partial charge in [-0.1, -0.05) is 0 Å². The number of carbonyl (C=O) groups is 1. The van der Waals surface area contributed by atoms with Crippen LogP contribution in [0.2, 0.25) is 0 Å². The topological polar surface area (TPSA) is 69.2 Å². The molecule has 0 radical (unpaired) electrons. The Labute approximate surface area is 170 Å². The Kier molecular flexibility index (Phi) is 16.1. The van der Waals surface area contributed by atoms with Crippen LogP contribution in [-0.2, 0) is 9.53 Å². The van der Waals surface area contributed by atoms with E-state index in [1.165, 1.54) is 0 Å². The van der Waals surface area contributed by atoms with Crippen LogP contribution in [0.1, 0.15) is 13.3 Å². The molecule has 0 atom stereocenters. The summed E-state index contributed by atoms with van der Waals surface area (Å²) in [4.78, 5) is 18.5. The molecule has 2 N–H and O–H groups in total. The standard InChI is InChI=1S/C15H30F3N5O2.HI/c1-5-19-14(20-7-9-22(2)8-6-10-25-4)21-11-13(24)23(3)12-15(16,17)18;/h5-12H2,1-4H3,(H2,19,20,21);1H. The Hall–Kier alpha value is -0.820. The predicted molar refractivity (Wildman–Crippen MR) is 107 cm³/mol. The Morgan fingerprint density at radius 3 is 2.38 bits per heavy atom. The van der Waals surface area contributed by atoms with Gasteiger partial charge in [-0.15, -0.1) is 24.0 Å². The van der Waals surface area contributed by atoms with E-state index in [1.54, 1.807) is 7.11 Å². The van der Waals surface area contributed by atoms with Gasteiger partial charge in [-0.3, -0.25) is 4.79 Å². The Bertz CT molecular complexity index is 411. The minimum Gasteiger partial charge on any atom is -0.385 e. The zero-order valence-electron chi connectivity index (χ0n) is 15.9. The highest BCUT2D eigenvalue weighted by molar-refractivity contribution is 14.0. The van der Waals surface area contributed by atoms with Crippen molar-refractivity contribution in [2.45, 2.75) is 19.5 Å². The van der Waals surface area contributed by atoms with Gasteiger partial charge in [-0.2, -0.15) is 13.2 Å². The van der Waals surface area contributed by atoms with E-state index in [0.29, 0.717) is 30.6 Å². The Balaban J connectivity index is 0. The molecule has 0 unspecified atom stereocenters. The molecule has 0 saturated heterocycles. The number of guanidine groups is 1. The maximum Gasteiger partial charge on any atom is 0.406 e. The van der Waals surface area contributed by atoms with Gasteiger partial charge in [0, 0.05) is 46.9 Å². The summed E-state index contributed by atoms with van der Waals surface area (Å²) in [5.41, 5.74) is 0. The van der Waals surface area contributed by atoms with E-state index < -0.39 is 18.6 Å². The molecule has 0 aliphatic carbocycles. The van der Waals surface area contributed by atoms with Crippen molar-refractivity contribution in [1.29, 1.82) is 0 Å². The van der Waals surface area contributed by atoms with Gasteiger partial charge in [0.05, 0.1) is 0 Å². The van der Waals surface area contributed by atoms with Crippen LogP contribution in [-0.4, -0.2) is 94.9 Å². The number of halogens is 4. The summed E-state index contributed by atoms with van der Waals surface area (Å²) in [6.07, 6.45) is -3.48. The lowest BCUT2D eigenvalue weighted by molar-refractivity contribution is -0.157. The minimum absolute atomic E-state index is 0. The highest BCUT2D eigenvalue weighted by atomic mass is 127. The van der Waals surface area contributed by atoms with E-state index in [9.17, 15) is 18.0 Å². The number of ether oxygens (including phenoxy) is 1. The van der Waals surface area contributed by atoms with Crippen molar-refractivity contribution < 1.29 is 22.7 Å². The molecule has 0 heterocycles. The van der Waals surface area contributed by atoms with Crippen molar-refractivity contribution in [2.75, 3.05) is 67.1 Å². The zero-order valence-corrected chi connectivity index (χ0v) is 18.2. The van der Waals surface area contributed by atoms with Gasteiger partial charge in [-0.05, 0) is 20.4 Å². The molecule has 156 valence electrons. The van der Waals surface area contributed by atoms with Gasteiger partial charge in [0.1, 0.15) is 13.1 Å². The number of nitrogens with one attached hydrogen (secondary N) is 2. The first-order chi connectivity index (χ1) is 11.7. The number of hydrogen-bond acceptors (Lipinski definition) is 4. The molecule has 7 nitrogen and oxygen atoms in total. The molecule has 0 aliphatic rings. The second kappa shape index (κ2) is 15.3. The highest BCUT2D eigenvalue weighted by Gasteiger charge is 2.30. The first-order valence-electron chi connectivity index (χ1n) is 8.20. The summed E-state index contributed by atoms with van der Waals surface area (Å²) >= 11 is 0. The number of nitrogens with zero attached hydrogens (tertiary/aromatic N) is 3. The number of aliphatic imine (C=N–C) groups is 1. The molecule has 26 heavy (non-hydrogen) atoms. The summed E-state index contributed by atoms with van der Waals surface area (Å²) in [5.74, 6) is -0.284. The van der Waals surface area contributed by atoms with Gasteiger partial charge in [0.15, 0.2) is 5.96 Å². The molecular formula is C15H31F3IN5O2. The normalized spacial score (nSPS) is 11.9. The molecule has 0 fully saturated rings. The van der Waals surface area contributed by atoms with Gasteiger partial charge in [-0.25, -0.2) is 4.99 Å². The van der Waals surface area contributed by atoms with E-state index in [2.05, 4.69) is 20.5 Å². The van der Waals surface area contributed by atoms with E-state index in [1.807, 2.05) is 14.0 Å². The lowest BCUT2D eigenvalue weighted by Crippen LogP contribution is -2.42. The maximum atomic E-state index is 12.3. The van der Waals surface area contributed by atoms with Crippen LogP contribution in [0.3, 0.4) is 0 Å². The number of rotatable bonds is 11. The second-order valence-electron chi connectivity index (χ2n) is 5.64. The molecule has 0 spiro atoms. The lowest BCUT2D eigenvalue weighted by atomic mass is 10.4. The van der Waals surface area contributed by atoms with Crippen molar-refractivity contribution in [2.24, 2.45) is 4.99 Å². The molecule has 11 heteroatoms. The summed E-state index contributed by atoms with van der Waals surface area (Å²) in [5, 5.41) is 6.02. The third-order valence-electron chi connectivity index (χ3n) is 3.23. The lowest BCUT2D eigenvalue weighted by Gasteiger charge is -2.19. The van der Waals surface area contributed by atoms with Crippen LogP contribution in [0.5, 0.6) is 0 Å². The van der Waals surface area contributed by atoms with Gasteiger partial charge in [0.25, 0.3) is 0 Å². The fourth-order valence-electron chi connectivity index (χ4n) is 1.92. The third-order valence-corrected chi connectivity index (χ3v) is 3.23. The Morgan fingerprint density at radius 2 is 1.85 bits per heavy atom. The number of amides is 1. The van der Waals surface area contributed by atoms with Crippen molar-refractivity contribution in [1.82, 2.24) is 20.4 Å². The third kappa shape index (κ3) is 15.4. The molecule has 0 aromatic rings. The summed E-state index contributed by atoms with van der Waals surface area (Å²) < 4.78 is 41.8. The van der Waals surface area contributed by atoms with Crippen LogP contribution in [0, 0.1) is 0 Å². The van der Waals surface area contributed by atoms with Gasteiger partial charge < -0.3 is 25.2 Å². The molecule has 0 aromatic carbocycles. The summed E-state index contributed by atoms with van der Waals surface area (Å²) in [6, 6.07) is 0. The van der Waals surface area contributed by atoms with Crippen molar-refractivity contribution in [3.8, 4) is 0 Å². The monoisotopic (exact) mass is 497 g/mol. The van der Waals surface area contributed by atoms with Gasteiger partial charge in [0.2, 0.25) is 5.91 Å². The zero-order chi connectivity index (χ0) is 19.3. The SMILES string of the molecule is CCNC(=NCC(=O)N(C)CC(F)(F)F)NCCN(C)CCCOC.I. The average Bonchev–Trinajstić information content (AvgIpc) is 2.50. The fourth-order valence-corrected chi connectivity index (χ4v) is 1.92. The number of carbonyl (C=O) groups excluding carboxylic acids is 1. The maximum absolute atomic E-state index is 12.3. The van der Waals surface area contributed by atoms with Crippen LogP contribution in [0.15, 0.2) is 4.99 Å². The number of likely N-dealkylation sites (N-methyl/N-ethyl adjacent to an activating group) is 2. The summed E-state index contributed by atoms with van der Waals surface area (Å²) in [6.45, 7) is 3.79. The highest BCUT2D eigenvalue weighted by Crippen LogP contribution is 2.15. The first-order valence-corrected chi connectivity index (χ1v) is 8.20. The van der Waals surface area contributed by atoms with Crippen molar-refractivity contribution >= 4 is 35.8 Å². The Morgan fingerprint density at radius 1 is 1.19 bits per heavy atom. The van der Waals surface area contributed by atoms with E-state index >= 15 is 0 Å². The van der Waals surface area contributed by atoms with Crippen LogP contribution in [0.25, 0.3) is 0 Å². The summed E-state index contributed by atoms with van der Waals surface area (Å²) in [7, 11) is 4.76. The molecular weight excluding hydrogens is 466 g/mol. The van der Waals surface area contributed by atoms with E-state index in [4.69, 9.17) is 4.74 Å². The average molecular weight is 497 g/mol. The second-order valence-corrected chi connectivity index (χ2v) is 5.64. The molecule has 0 aromatic heterocycles. The number of hydrogen-bond donors (Lipinski definition) is 2. The van der Waals surface area contributed by atoms with E-state index in [0.717, 1.165) is 26.6 Å². The van der Waals surface area contributed by atoms with E-state index in [-0.39, 0.29) is 30.5 Å².